The first-order chi connectivity index (χ1) is 9.36. The SMILES string of the molecule is ClCCCn1cnc(-c2ccc3ccccc3c2)c1. The Morgan fingerprint density at radius 2 is 1.89 bits per heavy atom. The molecule has 0 amide bonds. The average molecular weight is 271 g/mol. The van der Waals surface area contributed by atoms with Gasteiger partial charge in [-0.1, -0.05) is 36.4 Å². The highest BCUT2D eigenvalue weighted by atomic mass is 35.5. The molecule has 0 N–H and O–H groups in total. The van der Waals surface area contributed by atoms with E-state index in [1.165, 1.54) is 10.8 Å². The molecular formula is C16H15ClN2. The van der Waals surface area contributed by atoms with Crippen molar-refractivity contribution in [2.75, 3.05) is 5.88 Å². The predicted octanol–water partition coefficient (Wildman–Crippen LogP) is 4.33. The van der Waals surface area contributed by atoms with E-state index in [1.54, 1.807) is 0 Å². The van der Waals surface area contributed by atoms with Crippen molar-refractivity contribution < 1.29 is 0 Å². The third kappa shape index (κ3) is 2.64. The number of benzene rings is 2. The van der Waals surface area contributed by atoms with Crippen molar-refractivity contribution in [1.29, 1.82) is 0 Å². The van der Waals surface area contributed by atoms with Crippen molar-refractivity contribution in [2.24, 2.45) is 0 Å². The summed E-state index contributed by atoms with van der Waals surface area (Å²) < 4.78 is 2.09. The second-order valence-corrected chi connectivity index (χ2v) is 4.98. The lowest BCUT2D eigenvalue weighted by molar-refractivity contribution is 0.682. The second kappa shape index (κ2) is 5.45. The minimum Gasteiger partial charge on any atom is -0.337 e. The molecule has 96 valence electrons. The summed E-state index contributed by atoms with van der Waals surface area (Å²) in [5, 5.41) is 2.50. The molecule has 0 radical (unpaired) electrons. The smallest absolute Gasteiger partial charge is 0.0953 e. The van der Waals surface area contributed by atoms with Crippen LogP contribution in [0.5, 0.6) is 0 Å². The normalized spacial score (nSPS) is 11.0. The van der Waals surface area contributed by atoms with Crippen LogP contribution < -0.4 is 0 Å². The summed E-state index contributed by atoms with van der Waals surface area (Å²) >= 11 is 5.71. The van der Waals surface area contributed by atoms with Crippen molar-refractivity contribution in [3.63, 3.8) is 0 Å². The second-order valence-electron chi connectivity index (χ2n) is 4.60. The molecule has 0 spiro atoms. The number of imidazole rings is 1. The summed E-state index contributed by atoms with van der Waals surface area (Å²) in [6.45, 7) is 0.921. The molecule has 3 heteroatoms. The molecule has 1 heterocycles. The van der Waals surface area contributed by atoms with Crippen molar-refractivity contribution in [2.45, 2.75) is 13.0 Å². The first-order valence-electron chi connectivity index (χ1n) is 6.44. The zero-order chi connectivity index (χ0) is 13.1. The Kier molecular flexibility index (Phi) is 3.51. The summed E-state index contributed by atoms with van der Waals surface area (Å²) in [6.07, 6.45) is 4.92. The molecule has 3 aromatic rings. The average Bonchev–Trinajstić information content (AvgIpc) is 2.93. The van der Waals surface area contributed by atoms with E-state index in [-0.39, 0.29) is 0 Å². The molecule has 0 aliphatic rings. The third-order valence-corrected chi connectivity index (χ3v) is 3.50. The molecule has 0 fully saturated rings. The molecule has 0 aliphatic carbocycles. The van der Waals surface area contributed by atoms with Gasteiger partial charge in [0.15, 0.2) is 0 Å². The van der Waals surface area contributed by atoms with Crippen LogP contribution in [0.4, 0.5) is 0 Å². The molecule has 0 unspecified atom stereocenters. The maximum absolute atomic E-state index is 5.71. The monoisotopic (exact) mass is 270 g/mol. The van der Waals surface area contributed by atoms with Crippen molar-refractivity contribution in [3.8, 4) is 11.3 Å². The summed E-state index contributed by atoms with van der Waals surface area (Å²) in [4.78, 5) is 4.47. The molecule has 2 aromatic carbocycles. The van der Waals surface area contributed by atoms with E-state index in [0.717, 1.165) is 24.2 Å². The number of rotatable bonds is 4. The van der Waals surface area contributed by atoms with E-state index in [9.17, 15) is 0 Å². The number of hydrogen-bond acceptors (Lipinski definition) is 1. The Balaban J connectivity index is 1.92. The quantitative estimate of drug-likeness (QED) is 0.645. The molecule has 0 bridgehead atoms. The van der Waals surface area contributed by atoms with Gasteiger partial charge < -0.3 is 4.57 Å². The minimum absolute atomic E-state index is 0.684. The van der Waals surface area contributed by atoms with Crippen molar-refractivity contribution in [3.05, 3.63) is 55.0 Å². The molecule has 2 nitrogen and oxygen atoms in total. The van der Waals surface area contributed by atoms with Crippen molar-refractivity contribution >= 4 is 22.4 Å². The molecule has 19 heavy (non-hydrogen) atoms. The lowest BCUT2D eigenvalue weighted by Gasteiger charge is -2.01. The van der Waals surface area contributed by atoms with Crippen LogP contribution in [0.25, 0.3) is 22.0 Å². The van der Waals surface area contributed by atoms with E-state index in [2.05, 4.69) is 58.2 Å². The molecular weight excluding hydrogens is 256 g/mol. The van der Waals surface area contributed by atoms with Gasteiger partial charge in [0.2, 0.25) is 0 Å². The summed E-state index contributed by atoms with van der Waals surface area (Å²) in [6, 6.07) is 14.8. The van der Waals surface area contributed by atoms with Gasteiger partial charge in [-0.3, -0.25) is 0 Å². The molecule has 1 aromatic heterocycles. The van der Waals surface area contributed by atoms with Gasteiger partial charge in [0.05, 0.1) is 12.0 Å². The highest BCUT2D eigenvalue weighted by Gasteiger charge is 2.03. The highest BCUT2D eigenvalue weighted by molar-refractivity contribution is 6.17. The Labute approximate surface area is 117 Å². The number of hydrogen-bond donors (Lipinski definition) is 0. The van der Waals surface area contributed by atoms with Gasteiger partial charge in [0.1, 0.15) is 0 Å². The standard InChI is InChI=1S/C16H15ClN2/c17-8-3-9-19-11-16(18-12-19)15-7-6-13-4-1-2-5-14(13)10-15/h1-2,4-7,10-12H,3,8-9H2. The van der Waals surface area contributed by atoms with Crippen LogP contribution >= 0.6 is 11.6 Å². The number of aromatic nitrogens is 2. The molecule has 0 atom stereocenters. The fourth-order valence-electron chi connectivity index (χ4n) is 2.22. The fraction of sp³-hybridized carbons (Fsp3) is 0.188. The molecule has 3 rings (SSSR count). The maximum atomic E-state index is 5.71. The van der Waals surface area contributed by atoms with Crippen LogP contribution in [0.2, 0.25) is 0 Å². The van der Waals surface area contributed by atoms with Crippen LogP contribution in [-0.2, 0) is 6.54 Å². The van der Waals surface area contributed by atoms with Gasteiger partial charge in [0, 0.05) is 24.2 Å². The molecule has 0 saturated carbocycles. The Morgan fingerprint density at radius 3 is 2.74 bits per heavy atom. The van der Waals surface area contributed by atoms with Gasteiger partial charge in [-0.2, -0.15) is 0 Å². The van der Waals surface area contributed by atoms with Gasteiger partial charge in [-0.05, 0) is 23.3 Å². The number of halogens is 1. The topological polar surface area (TPSA) is 17.8 Å². The zero-order valence-corrected chi connectivity index (χ0v) is 11.3. The van der Waals surface area contributed by atoms with Gasteiger partial charge in [-0.15, -0.1) is 11.6 Å². The van der Waals surface area contributed by atoms with Crippen LogP contribution in [0.1, 0.15) is 6.42 Å². The lowest BCUT2D eigenvalue weighted by Crippen LogP contribution is -1.94. The van der Waals surface area contributed by atoms with Crippen molar-refractivity contribution in [1.82, 2.24) is 9.55 Å². The third-order valence-electron chi connectivity index (χ3n) is 3.23. The molecule has 0 saturated heterocycles. The Morgan fingerprint density at radius 1 is 1.05 bits per heavy atom. The fourth-order valence-corrected chi connectivity index (χ4v) is 2.34. The Bertz CT molecular complexity index is 688. The first kappa shape index (κ1) is 12.2. The van der Waals surface area contributed by atoms with E-state index >= 15 is 0 Å². The lowest BCUT2D eigenvalue weighted by atomic mass is 10.1. The van der Waals surface area contributed by atoms with Gasteiger partial charge in [-0.25, -0.2) is 4.98 Å². The van der Waals surface area contributed by atoms with Crippen LogP contribution in [0, 0.1) is 0 Å². The first-order valence-corrected chi connectivity index (χ1v) is 6.97. The highest BCUT2D eigenvalue weighted by Crippen LogP contribution is 2.23. The van der Waals surface area contributed by atoms with Gasteiger partial charge >= 0.3 is 0 Å². The van der Waals surface area contributed by atoms with E-state index in [1.807, 2.05) is 6.33 Å². The van der Waals surface area contributed by atoms with Crippen LogP contribution in [0.3, 0.4) is 0 Å². The van der Waals surface area contributed by atoms with E-state index in [4.69, 9.17) is 11.6 Å². The maximum Gasteiger partial charge on any atom is 0.0953 e. The summed E-state index contributed by atoms with van der Waals surface area (Å²) in [5.74, 6) is 0.684. The largest absolute Gasteiger partial charge is 0.337 e. The number of fused-ring (bicyclic) bond motifs is 1. The molecule has 0 aliphatic heterocycles. The van der Waals surface area contributed by atoms with Gasteiger partial charge in [0.25, 0.3) is 0 Å². The summed E-state index contributed by atoms with van der Waals surface area (Å²) in [7, 11) is 0. The Hall–Kier alpha value is -1.80. The van der Waals surface area contributed by atoms with Crippen LogP contribution in [0.15, 0.2) is 55.0 Å². The van der Waals surface area contributed by atoms with E-state index < -0.39 is 0 Å². The van der Waals surface area contributed by atoms with Crippen LogP contribution in [-0.4, -0.2) is 15.4 Å². The number of aryl methyl sites for hydroxylation is 1. The number of alkyl halides is 1. The zero-order valence-electron chi connectivity index (χ0n) is 10.6. The minimum atomic E-state index is 0.684. The van der Waals surface area contributed by atoms with E-state index in [0.29, 0.717) is 5.88 Å². The number of nitrogens with zero attached hydrogens (tertiary/aromatic N) is 2. The summed E-state index contributed by atoms with van der Waals surface area (Å²) in [5.41, 5.74) is 2.17. The predicted molar refractivity (Wildman–Crippen MR) is 80.5 cm³/mol.